The van der Waals surface area contributed by atoms with Crippen molar-refractivity contribution in [3.05, 3.63) is 108 Å². The Morgan fingerprint density at radius 2 is 1.55 bits per heavy atom. The molecule has 164 valence electrons. The number of nitrogen functional groups attached to an aromatic ring is 1. The molecule has 0 spiro atoms. The molecule has 2 aromatic carbocycles. The lowest BCUT2D eigenvalue weighted by atomic mass is 9.99. The summed E-state index contributed by atoms with van der Waals surface area (Å²) in [5.41, 5.74) is 16.7. The molecular weight excluding hydrogens is 406 g/mol. The molecule has 3 N–H and O–H groups in total. The smallest absolute Gasteiger partial charge is 0.0574 e. The second-order valence-corrected chi connectivity index (χ2v) is 8.74. The molecule has 5 rings (SSSR count). The van der Waals surface area contributed by atoms with E-state index in [1.54, 1.807) is 0 Å². The van der Waals surface area contributed by atoms with E-state index in [2.05, 4.69) is 82.3 Å². The molecule has 2 aromatic heterocycles. The summed E-state index contributed by atoms with van der Waals surface area (Å²) in [6.45, 7) is 5.89. The highest BCUT2D eigenvalue weighted by Crippen LogP contribution is 2.28. The maximum Gasteiger partial charge on any atom is 0.0574 e. The molecule has 4 aromatic rings. The molecule has 3 heterocycles. The van der Waals surface area contributed by atoms with Crippen LogP contribution in [0.15, 0.2) is 91.7 Å². The van der Waals surface area contributed by atoms with E-state index in [9.17, 15) is 0 Å². The monoisotopic (exact) mass is 433 g/mol. The summed E-state index contributed by atoms with van der Waals surface area (Å²) in [7, 11) is 2.14. The molecule has 1 aliphatic rings. The van der Waals surface area contributed by atoms with E-state index in [0.29, 0.717) is 6.42 Å². The summed E-state index contributed by atoms with van der Waals surface area (Å²) in [5.74, 6) is 0. The first-order valence-electron chi connectivity index (χ1n) is 11.0. The molecular formula is C28H27N5. The van der Waals surface area contributed by atoms with Crippen molar-refractivity contribution < 1.29 is 0 Å². The van der Waals surface area contributed by atoms with Crippen molar-refractivity contribution in [2.24, 2.45) is 0 Å². The zero-order valence-electron chi connectivity index (χ0n) is 18.8. The third kappa shape index (κ3) is 4.78. The van der Waals surface area contributed by atoms with Crippen molar-refractivity contribution in [1.82, 2.24) is 14.9 Å². The minimum Gasteiger partial charge on any atom is -0.398 e. The van der Waals surface area contributed by atoms with Gasteiger partial charge in [-0.05, 0) is 65.2 Å². The van der Waals surface area contributed by atoms with Gasteiger partial charge in [-0.25, -0.2) is 0 Å². The molecule has 1 aliphatic heterocycles. The molecule has 0 radical (unpaired) electrons. The van der Waals surface area contributed by atoms with Crippen LogP contribution in [0.4, 0.5) is 11.4 Å². The fraction of sp³-hybridized carbons (Fsp3) is 0.143. The quantitative estimate of drug-likeness (QED) is 0.358. The largest absolute Gasteiger partial charge is 0.398 e. The van der Waals surface area contributed by atoms with E-state index in [1.165, 1.54) is 11.1 Å². The molecule has 0 saturated heterocycles. The number of fused-ring (bicyclic) bond motifs is 10. The average Bonchev–Trinajstić information content (AvgIpc) is 2.80. The van der Waals surface area contributed by atoms with Crippen LogP contribution in [0.5, 0.6) is 0 Å². The number of hydrogen-bond acceptors (Lipinski definition) is 5. The fourth-order valence-electron chi connectivity index (χ4n) is 4.34. The Kier molecular flexibility index (Phi) is 5.63. The van der Waals surface area contributed by atoms with Gasteiger partial charge in [-0.2, -0.15) is 0 Å². The Hall–Kier alpha value is -3.96. The zero-order valence-corrected chi connectivity index (χ0v) is 18.8. The maximum absolute atomic E-state index is 6.31. The van der Waals surface area contributed by atoms with Crippen LogP contribution in [0.3, 0.4) is 0 Å². The Morgan fingerprint density at radius 3 is 2.42 bits per heavy atom. The summed E-state index contributed by atoms with van der Waals surface area (Å²) in [4.78, 5) is 11.3. The second kappa shape index (κ2) is 8.88. The summed E-state index contributed by atoms with van der Waals surface area (Å²) in [5, 5.41) is 3.41. The third-order valence-electron chi connectivity index (χ3n) is 5.90. The number of rotatable bonds is 0. The topological polar surface area (TPSA) is 67.1 Å². The Bertz CT molecular complexity index is 1330. The first-order valence-corrected chi connectivity index (χ1v) is 11.0. The number of benzene rings is 2. The Balaban J connectivity index is 1.58. The third-order valence-corrected chi connectivity index (χ3v) is 5.90. The van der Waals surface area contributed by atoms with Gasteiger partial charge in [0.1, 0.15) is 0 Å². The van der Waals surface area contributed by atoms with E-state index in [0.717, 1.165) is 58.0 Å². The van der Waals surface area contributed by atoms with Crippen LogP contribution in [0.25, 0.3) is 22.3 Å². The van der Waals surface area contributed by atoms with Crippen molar-refractivity contribution in [2.45, 2.75) is 19.5 Å². The number of allylic oxidation sites excluding steroid dienone is 1. The van der Waals surface area contributed by atoms with Crippen molar-refractivity contribution >= 4 is 11.4 Å². The lowest BCUT2D eigenvalue weighted by Gasteiger charge is -2.18. The van der Waals surface area contributed by atoms with Crippen molar-refractivity contribution in [3.8, 4) is 22.3 Å². The van der Waals surface area contributed by atoms with E-state index in [1.807, 2.05) is 30.9 Å². The van der Waals surface area contributed by atoms with E-state index in [-0.39, 0.29) is 0 Å². The molecule has 0 amide bonds. The highest BCUT2D eigenvalue weighted by molar-refractivity contribution is 5.70. The number of pyridine rings is 2. The molecule has 0 saturated carbocycles. The fourth-order valence-corrected chi connectivity index (χ4v) is 4.34. The molecule has 0 atom stereocenters. The minimum atomic E-state index is 0.620. The van der Waals surface area contributed by atoms with Crippen LogP contribution in [0.2, 0.25) is 0 Å². The van der Waals surface area contributed by atoms with Gasteiger partial charge in [-0.3, -0.25) is 14.9 Å². The number of aromatic nitrogens is 2. The van der Waals surface area contributed by atoms with Crippen molar-refractivity contribution in [2.75, 3.05) is 18.1 Å². The van der Waals surface area contributed by atoms with E-state index in [4.69, 9.17) is 5.73 Å². The summed E-state index contributed by atoms with van der Waals surface area (Å²) in [6, 6.07) is 19.1. The Labute approximate surface area is 194 Å². The molecule has 8 bridgehead atoms. The van der Waals surface area contributed by atoms with Crippen LogP contribution in [0.1, 0.15) is 16.7 Å². The predicted octanol–water partition coefficient (Wildman–Crippen LogP) is 5.51. The number of hydrogen-bond donors (Lipinski definition) is 2. The Morgan fingerprint density at radius 1 is 0.818 bits per heavy atom. The van der Waals surface area contributed by atoms with Gasteiger partial charge in [0, 0.05) is 60.6 Å². The number of nitrogens with one attached hydrogen (secondary N) is 1. The molecule has 0 aliphatic carbocycles. The van der Waals surface area contributed by atoms with E-state index < -0.39 is 0 Å². The van der Waals surface area contributed by atoms with Crippen LogP contribution in [-0.4, -0.2) is 21.9 Å². The van der Waals surface area contributed by atoms with Crippen LogP contribution in [0, 0.1) is 0 Å². The summed E-state index contributed by atoms with van der Waals surface area (Å²) in [6.07, 6.45) is 8.19. The highest BCUT2D eigenvalue weighted by atomic mass is 15.1. The summed E-state index contributed by atoms with van der Waals surface area (Å²) >= 11 is 0. The summed E-state index contributed by atoms with van der Waals surface area (Å²) < 4.78 is 0. The predicted molar refractivity (Wildman–Crippen MR) is 135 cm³/mol. The van der Waals surface area contributed by atoms with Gasteiger partial charge < -0.3 is 11.1 Å². The maximum atomic E-state index is 6.31. The van der Waals surface area contributed by atoms with Crippen molar-refractivity contribution in [1.29, 1.82) is 0 Å². The van der Waals surface area contributed by atoms with Gasteiger partial charge >= 0.3 is 0 Å². The normalized spacial score (nSPS) is 14.2. The van der Waals surface area contributed by atoms with Gasteiger partial charge in [-0.1, -0.05) is 30.8 Å². The van der Waals surface area contributed by atoms with Crippen molar-refractivity contribution in [3.63, 3.8) is 0 Å². The van der Waals surface area contributed by atoms with Gasteiger partial charge in [0.25, 0.3) is 0 Å². The SMILES string of the molecule is C=C1Cc2cc(ccc2N)-c2cncc(c2)CN(C)Cc2cccc(c2)-c2cncc(c2)N1. The van der Waals surface area contributed by atoms with Gasteiger partial charge in [-0.15, -0.1) is 0 Å². The minimum absolute atomic E-state index is 0.620. The first kappa shape index (κ1) is 20.9. The molecule has 0 fully saturated rings. The van der Waals surface area contributed by atoms with Gasteiger partial charge in [0.05, 0.1) is 11.9 Å². The highest BCUT2D eigenvalue weighted by Gasteiger charge is 2.10. The van der Waals surface area contributed by atoms with Gasteiger partial charge in [0.15, 0.2) is 0 Å². The number of nitrogens with zero attached hydrogens (tertiary/aromatic N) is 3. The second-order valence-electron chi connectivity index (χ2n) is 8.74. The number of anilines is 2. The van der Waals surface area contributed by atoms with Gasteiger partial charge in [0.2, 0.25) is 0 Å². The lowest BCUT2D eigenvalue weighted by molar-refractivity contribution is 0.319. The molecule has 5 nitrogen and oxygen atoms in total. The average molecular weight is 434 g/mol. The first-order chi connectivity index (χ1) is 16.0. The zero-order chi connectivity index (χ0) is 22.8. The van der Waals surface area contributed by atoms with Crippen LogP contribution >= 0.6 is 0 Å². The molecule has 0 unspecified atom stereocenters. The number of nitrogens with two attached hydrogens (primary N) is 1. The van der Waals surface area contributed by atoms with Crippen LogP contribution in [-0.2, 0) is 19.5 Å². The standard InChI is InChI=1S/C28H27N5/c1-19-8-24-11-23(6-7-28(24)29)25-10-21(13-30-14-25)18-33(2)17-20-4-3-5-22(9-20)26-12-27(32-19)16-31-15-26/h3-7,9-16,32H,1,8,17-18,29H2,2H3. The van der Waals surface area contributed by atoms with E-state index >= 15 is 0 Å². The lowest BCUT2D eigenvalue weighted by Crippen LogP contribution is -2.17. The van der Waals surface area contributed by atoms with Crippen LogP contribution < -0.4 is 11.1 Å². The molecule has 33 heavy (non-hydrogen) atoms. The molecule has 5 heteroatoms.